The second kappa shape index (κ2) is 10.2. The lowest BCUT2D eigenvalue weighted by Gasteiger charge is -2.24. The normalized spacial score (nSPS) is 13.5. The monoisotopic (exact) mass is 490 g/mol. The highest BCUT2D eigenvalue weighted by Crippen LogP contribution is 2.29. The third-order valence-electron chi connectivity index (χ3n) is 7.03. The standard InChI is InChI=1S/C28H34N4O4/c1-18(29(3)4)27(33)32-17-21(23-12-11-22(35-6)15-24(23)32)16-30(5)19(2)28(34)31-14-13-20-9-8-10-25(36-7)26(20)31/h8-15,17-19H,16H2,1-7H3. The number of rotatable bonds is 8. The number of ether oxygens (including phenoxy) is 2. The van der Waals surface area contributed by atoms with Crippen molar-refractivity contribution in [1.29, 1.82) is 0 Å². The lowest BCUT2D eigenvalue weighted by molar-refractivity contribution is 0.0775. The molecule has 8 heteroatoms. The number of carbonyl (C=O) groups is 2. The second-order valence-electron chi connectivity index (χ2n) is 9.40. The lowest BCUT2D eigenvalue weighted by Crippen LogP contribution is -2.38. The number of fused-ring (bicyclic) bond motifs is 2. The van der Waals surface area contributed by atoms with Crippen molar-refractivity contribution in [2.75, 3.05) is 35.4 Å². The molecule has 2 unspecified atom stereocenters. The number of para-hydroxylation sites is 1. The molecule has 8 nitrogen and oxygen atoms in total. The molecule has 0 bridgehead atoms. The Labute approximate surface area is 211 Å². The van der Waals surface area contributed by atoms with E-state index in [0.29, 0.717) is 18.0 Å². The van der Waals surface area contributed by atoms with Crippen molar-refractivity contribution in [1.82, 2.24) is 18.9 Å². The summed E-state index contributed by atoms with van der Waals surface area (Å²) in [6.45, 7) is 4.27. The lowest BCUT2D eigenvalue weighted by atomic mass is 10.1. The zero-order valence-corrected chi connectivity index (χ0v) is 22.0. The van der Waals surface area contributed by atoms with E-state index >= 15 is 0 Å². The Hall–Kier alpha value is -3.62. The number of aromatic nitrogens is 2. The van der Waals surface area contributed by atoms with Crippen molar-refractivity contribution in [2.24, 2.45) is 0 Å². The summed E-state index contributed by atoms with van der Waals surface area (Å²) in [6.07, 6.45) is 3.67. The molecule has 2 aromatic heterocycles. The van der Waals surface area contributed by atoms with E-state index in [1.807, 2.05) is 93.5 Å². The molecule has 0 N–H and O–H groups in total. The van der Waals surface area contributed by atoms with Crippen LogP contribution >= 0.6 is 0 Å². The van der Waals surface area contributed by atoms with E-state index in [-0.39, 0.29) is 17.9 Å². The van der Waals surface area contributed by atoms with Crippen molar-refractivity contribution in [2.45, 2.75) is 32.5 Å². The van der Waals surface area contributed by atoms with Gasteiger partial charge in [-0.15, -0.1) is 0 Å². The van der Waals surface area contributed by atoms with Crippen LogP contribution in [0.25, 0.3) is 21.8 Å². The largest absolute Gasteiger partial charge is 0.497 e. The van der Waals surface area contributed by atoms with Crippen LogP contribution in [0.5, 0.6) is 11.5 Å². The first-order valence-corrected chi connectivity index (χ1v) is 11.9. The average Bonchev–Trinajstić information content (AvgIpc) is 3.48. The Balaban J connectivity index is 1.67. The highest BCUT2D eigenvalue weighted by molar-refractivity contribution is 5.98. The van der Waals surface area contributed by atoms with Gasteiger partial charge < -0.3 is 9.47 Å². The van der Waals surface area contributed by atoms with Crippen molar-refractivity contribution >= 4 is 33.6 Å². The number of nitrogens with zero attached hydrogens (tertiary/aromatic N) is 4. The maximum absolute atomic E-state index is 13.5. The summed E-state index contributed by atoms with van der Waals surface area (Å²) < 4.78 is 14.3. The molecule has 2 heterocycles. The fraction of sp³-hybridized carbons (Fsp3) is 0.357. The van der Waals surface area contributed by atoms with E-state index in [9.17, 15) is 9.59 Å². The van der Waals surface area contributed by atoms with Gasteiger partial charge in [-0.1, -0.05) is 12.1 Å². The highest BCUT2D eigenvalue weighted by Gasteiger charge is 2.25. The number of methoxy groups -OCH3 is 2. The van der Waals surface area contributed by atoms with E-state index in [0.717, 1.165) is 27.4 Å². The molecule has 190 valence electrons. The molecule has 2 aromatic carbocycles. The van der Waals surface area contributed by atoms with Crippen LogP contribution < -0.4 is 9.47 Å². The molecule has 36 heavy (non-hydrogen) atoms. The molecular formula is C28H34N4O4. The van der Waals surface area contributed by atoms with Gasteiger partial charge in [0.25, 0.3) is 0 Å². The van der Waals surface area contributed by atoms with E-state index in [4.69, 9.17) is 9.47 Å². The molecule has 0 saturated carbocycles. The Bertz CT molecular complexity index is 1420. The van der Waals surface area contributed by atoms with Crippen LogP contribution in [0.3, 0.4) is 0 Å². The Kier molecular flexibility index (Phi) is 7.19. The van der Waals surface area contributed by atoms with Crippen molar-refractivity contribution in [3.8, 4) is 11.5 Å². The van der Waals surface area contributed by atoms with Crippen LogP contribution in [0.15, 0.2) is 54.9 Å². The molecule has 0 aliphatic carbocycles. The van der Waals surface area contributed by atoms with E-state index in [1.54, 1.807) is 29.6 Å². The van der Waals surface area contributed by atoms with Gasteiger partial charge in [0, 0.05) is 35.8 Å². The minimum Gasteiger partial charge on any atom is -0.497 e. The van der Waals surface area contributed by atoms with Crippen LogP contribution in [0, 0.1) is 0 Å². The third-order valence-corrected chi connectivity index (χ3v) is 7.03. The second-order valence-corrected chi connectivity index (χ2v) is 9.40. The molecule has 0 aliphatic heterocycles. The first-order chi connectivity index (χ1) is 17.2. The van der Waals surface area contributed by atoms with Gasteiger partial charge in [-0.2, -0.15) is 0 Å². The molecule has 4 rings (SSSR count). The fourth-order valence-corrected chi connectivity index (χ4v) is 4.44. The van der Waals surface area contributed by atoms with E-state index < -0.39 is 6.04 Å². The van der Waals surface area contributed by atoms with Crippen molar-refractivity contribution in [3.63, 3.8) is 0 Å². The smallest absolute Gasteiger partial charge is 0.248 e. The number of hydrogen-bond acceptors (Lipinski definition) is 6. The van der Waals surface area contributed by atoms with Crippen LogP contribution in [0.1, 0.15) is 29.0 Å². The number of carbonyl (C=O) groups excluding carboxylic acids is 2. The molecule has 0 fully saturated rings. The summed E-state index contributed by atoms with van der Waals surface area (Å²) in [5.74, 6) is 1.26. The quantitative estimate of drug-likeness (QED) is 0.366. The summed E-state index contributed by atoms with van der Waals surface area (Å²) in [7, 11) is 8.91. The van der Waals surface area contributed by atoms with Gasteiger partial charge in [0.15, 0.2) is 0 Å². The van der Waals surface area contributed by atoms with E-state index in [2.05, 4.69) is 0 Å². The maximum Gasteiger partial charge on any atom is 0.248 e. The molecule has 0 saturated heterocycles. The van der Waals surface area contributed by atoms with Crippen LogP contribution in [0.4, 0.5) is 0 Å². The molecule has 2 atom stereocenters. The molecule has 0 aliphatic rings. The average molecular weight is 491 g/mol. The zero-order valence-electron chi connectivity index (χ0n) is 22.0. The summed E-state index contributed by atoms with van der Waals surface area (Å²) in [5, 5.41) is 1.90. The maximum atomic E-state index is 13.5. The minimum absolute atomic E-state index is 0.0258. The summed E-state index contributed by atoms with van der Waals surface area (Å²) in [6, 6.07) is 12.7. The van der Waals surface area contributed by atoms with Crippen LogP contribution in [0.2, 0.25) is 0 Å². The Morgan fingerprint density at radius 2 is 1.64 bits per heavy atom. The van der Waals surface area contributed by atoms with Gasteiger partial charge >= 0.3 is 0 Å². The molecule has 0 spiro atoms. The summed E-state index contributed by atoms with van der Waals surface area (Å²) in [5.41, 5.74) is 2.51. The third kappa shape index (κ3) is 4.50. The number of likely N-dealkylation sites (N-methyl/N-ethyl adjacent to an activating group) is 2. The van der Waals surface area contributed by atoms with Crippen LogP contribution in [-0.2, 0) is 6.54 Å². The van der Waals surface area contributed by atoms with Gasteiger partial charge in [-0.3, -0.25) is 28.5 Å². The number of hydrogen-bond donors (Lipinski definition) is 0. The zero-order chi connectivity index (χ0) is 26.1. The van der Waals surface area contributed by atoms with Crippen molar-refractivity contribution in [3.05, 3.63) is 60.4 Å². The first-order valence-electron chi connectivity index (χ1n) is 11.9. The van der Waals surface area contributed by atoms with Gasteiger partial charge in [-0.25, -0.2) is 0 Å². The van der Waals surface area contributed by atoms with Crippen molar-refractivity contribution < 1.29 is 19.1 Å². The van der Waals surface area contributed by atoms with Gasteiger partial charge in [0.1, 0.15) is 11.5 Å². The van der Waals surface area contributed by atoms with Gasteiger partial charge in [0.05, 0.1) is 37.3 Å². The highest BCUT2D eigenvalue weighted by atomic mass is 16.5. The molecular weight excluding hydrogens is 456 g/mol. The first kappa shape index (κ1) is 25.5. The SMILES string of the molecule is COc1ccc2c(CN(C)C(C)C(=O)n3ccc4cccc(OC)c43)cn(C(=O)C(C)N(C)C)c2c1. The Morgan fingerprint density at radius 1 is 0.917 bits per heavy atom. The predicted octanol–water partition coefficient (Wildman–Crippen LogP) is 4.36. The summed E-state index contributed by atoms with van der Waals surface area (Å²) >= 11 is 0. The predicted molar refractivity (Wildman–Crippen MR) is 142 cm³/mol. The van der Waals surface area contributed by atoms with Gasteiger partial charge in [-0.05, 0) is 64.8 Å². The topological polar surface area (TPSA) is 68.9 Å². The molecule has 0 radical (unpaired) electrons. The molecule has 4 aromatic rings. The fourth-order valence-electron chi connectivity index (χ4n) is 4.44. The Morgan fingerprint density at radius 3 is 2.31 bits per heavy atom. The minimum atomic E-state index is -0.418. The number of benzene rings is 2. The summed E-state index contributed by atoms with van der Waals surface area (Å²) in [4.78, 5) is 30.7. The molecule has 0 amide bonds. The van der Waals surface area contributed by atoms with Crippen LogP contribution in [-0.4, -0.2) is 78.2 Å². The van der Waals surface area contributed by atoms with Gasteiger partial charge in [0.2, 0.25) is 11.8 Å². The van der Waals surface area contributed by atoms with E-state index in [1.165, 1.54) is 0 Å².